The Balaban J connectivity index is 1.87. The Hall–Kier alpha value is -2.81. The molecule has 2 rings (SSSR count). The maximum absolute atomic E-state index is 12.0. The molecule has 0 heterocycles. The monoisotopic (exact) mass is 342 g/mol. The minimum absolute atomic E-state index is 0.157. The van der Waals surface area contributed by atoms with Crippen LogP contribution in [0.15, 0.2) is 29.8 Å². The lowest BCUT2D eigenvalue weighted by Crippen LogP contribution is -2.38. The van der Waals surface area contributed by atoms with Crippen LogP contribution in [-0.2, 0) is 14.3 Å². The molecule has 0 unspecified atom stereocenters. The smallest absolute Gasteiger partial charge is 0.349 e. The van der Waals surface area contributed by atoms with E-state index in [0.717, 1.165) is 25.7 Å². The van der Waals surface area contributed by atoms with Crippen LogP contribution in [0.5, 0.6) is 5.75 Å². The molecule has 6 heteroatoms. The first-order chi connectivity index (χ1) is 12.1. The molecule has 1 aliphatic rings. The number of nitrogens with zero attached hydrogens (tertiary/aromatic N) is 1. The molecule has 0 bridgehead atoms. The minimum Gasteiger partial charge on any atom is -0.497 e. The zero-order valence-electron chi connectivity index (χ0n) is 14.3. The summed E-state index contributed by atoms with van der Waals surface area (Å²) in [4.78, 5) is 23.8. The topological polar surface area (TPSA) is 88.4 Å². The molecule has 0 aliphatic heterocycles. The van der Waals surface area contributed by atoms with E-state index in [-0.39, 0.29) is 24.1 Å². The molecule has 0 aromatic heterocycles. The highest BCUT2D eigenvalue weighted by Gasteiger charge is 2.17. The van der Waals surface area contributed by atoms with Crippen molar-refractivity contribution in [3.63, 3.8) is 0 Å². The van der Waals surface area contributed by atoms with Crippen molar-refractivity contribution in [3.8, 4) is 11.8 Å². The predicted molar refractivity (Wildman–Crippen MR) is 92.6 cm³/mol. The zero-order chi connectivity index (χ0) is 18.1. The second kappa shape index (κ2) is 9.48. The number of carbonyl (C=O) groups excluding carboxylic acids is 2. The molecular formula is C19H22N2O4. The molecule has 1 aromatic carbocycles. The molecule has 25 heavy (non-hydrogen) atoms. The number of carbonyl (C=O) groups is 2. The number of ether oxygens (including phenoxy) is 2. The first-order valence-electron chi connectivity index (χ1n) is 8.34. The highest BCUT2D eigenvalue weighted by atomic mass is 16.5. The van der Waals surface area contributed by atoms with Gasteiger partial charge in [-0.2, -0.15) is 5.26 Å². The fourth-order valence-electron chi connectivity index (χ4n) is 2.73. The fraction of sp³-hybridized carbons (Fsp3) is 0.421. The van der Waals surface area contributed by atoms with Gasteiger partial charge >= 0.3 is 5.97 Å². The largest absolute Gasteiger partial charge is 0.497 e. The Kier molecular flexibility index (Phi) is 7.02. The molecule has 1 aromatic rings. The summed E-state index contributed by atoms with van der Waals surface area (Å²) in [5.41, 5.74) is 0.511. The van der Waals surface area contributed by atoms with Crippen LogP contribution in [0.25, 0.3) is 6.08 Å². The number of hydrogen-bond donors (Lipinski definition) is 1. The minimum atomic E-state index is -0.808. The van der Waals surface area contributed by atoms with E-state index in [4.69, 9.17) is 14.7 Å². The Bertz CT molecular complexity index is 668. The normalized spacial score (nSPS) is 15.1. The van der Waals surface area contributed by atoms with Crippen LogP contribution in [0.1, 0.15) is 37.7 Å². The molecule has 1 amide bonds. The van der Waals surface area contributed by atoms with Gasteiger partial charge in [0.2, 0.25) is 0 Å². The second-order valence-electron chi connectivity index (χ2n) is 5.92. The fourth-order valence-corrected chi connectivity index (χ4v) is 2.73. The van der Waals surface area contributed by atoms with Crippen molar-refractivity contribution in [1.29, 1.82) is 5.26 Å². The van der Waals surface area contributed by atoms with Gasteiger partial charge in [0.25, 0.3) is 5.91 Å². The molecule has 0 atom stereocenters. The summed E-state index contributed by atoms with van der Waals surface area (Å²) in [5.74, 6) is -0.461. The first kappa shape index (κ1) is 18.5. The van der Waals surface area contributed by atoms with Crippen LogP contribution in [0.2, 0.25) is 0 Å². The van der Waals surface area contributed by atoms with E-state index in [1.54, 1.807) is 31.4 Å². The summed E-state index contributed by atoms with van der Waals surface area (Å²) in [5, 5.41) is 12.0. The number of benzene rings is 1. The third kappa shape index (κ3) is 5.96. The van der Waals surface area contributed by atoms with Crippen molar-refractivity contribution >= 4 is 18.0 Å². The van der Waals surface area contributed by atoms with E-state index in [1.807, 2.05) is 6.07 Å². The molecule has 0 saturated heterocycles. The third-order valence-corrected chi connectivity index (χ3v) is 4.07. The van der Waals surface area contributed by atoms with Crippen molar-refractivity contribution in [2.75, 3.05) is 13.7 Å². The average molecular weight is 342 g/mol. The van der Waals surface area contributed by atoms with Gasteiger partial charge in [-0.05, 0) is 36.6 Å². The van der Waals surface area contributed by atoms with Gasteiger partial charge < -0.3 is 14.8 Å². The Labute approximate surface area is 147 Å². The maximum Gasteiger partial charge on any atom is 0.349 e. The van der Waals surface area contributed by atoms with Gasteiger partial charge in [-0.1, -0.05) is 31.4 Å². The van der Waals surface area contributed by atoms with Gasteiger partial charge in [0.05, 0.1) is 7.11 Å². The van der Waals surface area contributed by atoms with E-state index >= 15 is 0 Å². The van der Waals surface area contributed by atoms with Crippen molar-refractivity contribution in [3.05, 3.63) is 35.4 Å². The van der Waals surface area contributed by atoms with Gasteiger partial charge in [0.15, 0.2) is 6.61 Å². The Morgan fingerprint density at radius 1 is 1.24 bits per heavy atom. The lowest BCUT2D eigenvalue weighted by molar-refractivity contribution is -0.144. The summed E-state index contributed by atoms with van der Waals surface area (Å²) < 4.78 is 10.0. The number of methoxy groups -OCH3 is 1. The standard InChI is InChI=1S/C19H22N2O4/c1-24-17-9-7-14(8-10-17)11-15(12-20)19(23)25-13-18(22)21-16-5-3-2-4-6-16/h7-11,16H,2-6,13H2,1H3,(H,21,22)/b15-11+. The number of amides is 1. The number of nitriles is 1. The van der Waals surface area contributed by atoms with Crippen molar-refractivity contribution in [2.24, 2.45) is 0 Å². The lowest BCUT2D eigenvalue weighted by Gasteiger charge is -2.22. The number of esters is 1. The molecule has 0 radical (unpaired) electrons. The van der Waals surface area contributed by atoms with Crippen LogP contribution in [-0.4, -0.2) is 31.6 Å². The van der Waals surface area contributed by atoms with Crippen LogP contribution in [0.3, 0.4) is 0 Å². The van der Waals surface area contributed by atoms with Crippen LogP contribution in [0.4, 0.5) is 0 Å². The summed E-state index contributed by atoms with van der Waals surface area (Å²) in [6, 6.07) is 8.86. The van der Waals surface area contributed by atoms with Crippen LogP contribution < -0.4 is 10.1 Å². The average Bonchev–Trinajstić information content (AvgIpc) is 2.65. The molecule has 1 aliphatic carbocycles. The van der Waals surface area contributed by atoms with E-state index < -0.39 is 5.97 Å². The van der Waals surface area contributed by atoms with E-state index in [1.165, 1.54) is 12.5 Å². The number of rotatable bonds is 6. The molecular weight excluding hydrogens is 320 g/mol. The molecule has 1 N–H and O–H groups in total. The van der Waals surface area contributed by atoms with Gasteiger partial charge in [0, 0.05) is 6.04 Å². The summed E-state index contributed by atoms with van der Waals surface area (Å²) in [6.07, 6.45) is 6.74. The summed E-state index contributed by atoms with van der Waals surface area (Å²) >= 11 is 0. The van der Waals surface area contributed by atoms with E-state index in [0.29, 0.717) is 11.3 Å². The number of nitrogens with one attached hydrogen (secondary N) is 1. The summed E-state index contributed by atoms with van der Waals surface area (Å²) in [7, 11) is 1.56. The van der Waals surface area contributed by atoms with Crippen LogP contribution in [0, 0.1) is 11.3 Å². The van der Waals surface area contributed by atoms with E-state index in [2.05, 4.69) is 5.32 Å². The number of hydrogen-bond acceptors (Lipinski definition) is 5. The summed E-state index contributed by atoms with van der Waals surface area (Å²) in [6.45, 7) is -0.378. The van der Waals surface area contributed by atoms with Gasteiger partial charge in [-0.25, -0.2) is 4.79 Å². The Morgan fingerprint density at radius 3 is 2.52 bits per heavy atom. The molecule has 1 fully saturated rings. The first-order valence-corrected chi connectivity index (χ1v) is 8.34. The van der Waals surface area contributed by atoms with Gasteiger partial charge in [-0.15, -0.1) is 0 Å². The predicted octanol–water partition coefficient (Wildman–Crippen LogP) is 2.59. The highest BCUT2D eigenvalue weighted by molar-refractivity contribution is 5.98. The Morgan fingerprint density at radius 2 is 1.92 bits per heavy atom. The van der Waals surface area contributed by atoms with Crippen molar-refractivity contribution in [2.45, 2.75) is 38.1 Å². The third-order valence-electron chi connectivity index (χ3n) is 4.07. The zero-order valence-corrected chi connectivity index (χ0v) is 14.3. The van der Waals surface area contributed by atoms with Crippen molar-refractivity contribution in [1.82, 2.24) is 5.32 Å². The van der Waals surface area contributed by atoms with Gasteiger partial charge in [0.1, 0.15) is 17.4 Å². The van der Waals surface area contributed by atoms with Crippen LogP contribution >= 0.6 is 0 Å². The second-order valence-corrected chi connectivity index (χ2v) is 5.92. The molecule has 1 saturated carbocycles. The highest BCUT2D eigenvalue weighted by Crippen LogP contribution is 2.17. The molecule has 6 nitrogen and oxygen atoms in total. The SMILES string of the molecule is COc1ccc(/C=C(\C#N)C(=O)OCC(=O)NC2CCCCC2)cc1. The maximum atomic E-state index is 12.0. The lowest BCUT2D eigenvalue weighted by atomic mass is 9.95. The molecule has 0 spiro atoms. The van der Waals surface area contributed by atoms with Crippen molar-refractivity contribution < 1.29 is 19.1 Å². The van der Waals surface area contributed by atoms with Gasteiger partial charge in [-0.3, -0.25) is 4.79 Å². The van der Waals surface area contributed by atoms with E-state index in [9.17, 15) is 9.59 Å². The quantitative estimate of drug-likeness (QED) is 0.488. The molecule has 132 valence electrons.